The van der Waals surface area contributed by atoms with Gasteiger partial charge in [0.2, 0.25) is 0 Å². The lowest BCUT2D eigenvalue weighted by atomic mass is 10.0. The predicted molar refractivity (Wildman–Crippen MR) is 99.6 cm³/mol. The van der Waals surface area contributed by atoms with Crippen molar-refractivity contribution in [3.05, 3.63) is 47.9 Å². The topological polar surface area (TPSA) is 29.5 Å². The number of rotatable bonds is 7. The molecule has 0 N–H and O–H groups in total. The Morgan fingerprint density at radius 3 is 2.42 bits per heavy atom. The summed E-state index contributed by atoms with van der Waals surface area (Å²) in [5.74, 6) is 0.127. The van der Waals surface area contributed by atoms with Crippen molar-refractivity contribution < 1.29 is 13.9 Å². The van der Waals surface area contributed by atoms with Gasteiger partial charge in [0, 0.05) is 12.7 Å². The zero-order valence-electron chi connectivity index (χ0n) is 15.9. The predicted octanol–water partition coefficient (Wildman–Crippen LogP) is 4.93. The first-order valence-electron chi connectivity index (χ1n) is 8.21. The van der Waals surface area contributed by atoms with E-state index in [1.807, 2.05) is 31.9 Å². The summed E-state index contributed by atoms with van der Waals surface area (Å²) in [6.07, 6.45) is 1.93. The van der Waals surface area contributed by atoms with Crippen molar-refractivity contribution in [1.82, 2.24) is 4.90 Å². The first-order valence-corrected chi connectivity index (χ1v) is 8.21. The van der Waals surface area contributed by atoms with Gasteiger partial charge in [-0.1, -0.05) is 40.3 Å². The van der Waals surface area contributed by atoms with E-state index in [0.29, 0.717) is 6.54 Å². The molecule has 1 rings (SSSR count). The fourth-order valence-corrected chi connectivity index (χ4v) is 2.26. The van der Waals surface area contributed by atoms with Gasteiger partial charge in [0.15, 0.2) is 11.6 Å². The number of nitrogens with zero attached hydrogens (tertiary/aromatic N) is 1. The molecule has 0 aliphatic rings. The molecular weight excluding hydrogens is 305 g/mol. The fraction of sp³-hybridized carbons (Fsp3) is 0.450. The summed E-state index contributed by atoms with van der Waals surface area (Å²) >= 11 is 0. The van der Waals surface area contributed by atoms with Crippen molar-refractivity contribution in [3.63, 3.8) is 0 Å². The van der Waals surface area contributed by atoms with Crippen LogP contribution in [0, 0.1) is 11.7 Å². The summed E-state index contributed by atoms with van der Waals surface area (Å²) in [4.78, 5) is 13.2. The summed E-state index contributed by atoms with van der Waals surface area (Å²) in [5, 5.41) is 0. The zero-order valence-corrected chi connectivity index (χ0v) is 15.9. The first-order chi connectivity index (χ1) is 11.3. The van der Waals surface area contributed by atoms with E-state index >= 15 is 0 Å². The SMILES string of the molecule is C=C(/C=C(/C(C)C)N(C)CC(C)=O)c1ccc(F)c(OC)c1.CC. The Bertz CT molecular complexity index is 591. The molecule has 0 saturated carbocycles. The number of likely N-dealkylation sites (N-methyl/N-ethyl adjacent to an activating group) is 1. The number of allylic oxidation sites excluding steroid dienone is 3. The van der Waals surface area contributed by atoms with Crippen molar-refractivity contribution >= 4 is 11.4 Å². The molecule has 0 saturated heterocycles. The third-order valence-corrected chi connectivity index (χ3v) is 3.34. The number of hydrogen-bond donors (Lipinski definition) is 0. The summed E-state index contributed by atoms with van der Waals surface area (Å²) in [6, 6.07) is 4.65. The van der Waals surface area contributed by atoms with Gasteiger partial charge in [-0.3, -0.25) is 4.79 Å². The minimum absolute atomic E-state index is 0.100. The van der Waals surface area contributed by atoms with Gasteiger partial charge in [-0.05, 0) is 42.2 Å². The second-order valence-corrected chi connectivity index (χ2v) is 5.66. The van der Waals surface area contributed by atoms with Crippen LogP contribution < -0.4 is 4.74 Å². The van der Waals surface area contributed by atoms with Crippen LogP contribution in [0.5, 0.6) is 5.75 Å². The molecule has 0 amide bonds. The van der Waals surface area contributed by atoms with Gasteiger partial charge in [-0.15, -0.1) is 0 Å². The fourth-order valence-electron chi connectivity index (χ4n) is 2.26. The van der Waals surface area contributed by atoms with Crippen LogP contribution in [0.2, 0.25) is 0 Å². The zero-order chi connectivity index (χ0) is 18.9. The molecule has 0 aliphatic heterocycles. The minimum atomic E-state index is -0.402. The van der Waals surface area contributed by atoms with Crippen molar-refractivity contribution in [2.75, 3.05) is 20.7 Å². The van der Waals surface area contributed by atoms with Crippen molar-refractivity contribution in [2.45, 2.75) is 34.6 Å². The Kier molecular flexibility index (Phi) is 9.70. The minimum Gasteiger partial charge on any atom is -0.494 e. The van der Waals surface area contributed by atoms with E-state index in [4.69, 9.17) is 4.74 Å². The van der Waals surface area contributed by atoms with Crippen molar-refractivity contribution in [2.24, 2.45) is 5.92 Å². The third kappa shape index (κ3) is 6.57. The van der Waals surface area contributed by atoms with Crippen LogP contribution in [-0.2, 0) is 4.79 Å². The van der Waals surface area contributed by atoms with E-state index in [9.17, 15) is 9.18 Å². The molecule has 0 aliphatic carbocycles. The Morgan fingerprint density at radius 1 is 1.38 bits per heavy atom. The molecule has 0 aromatic heterocycles. The Balaban J connectivity index is 0.00000254. The van der Waals surface area contributed by atoms with E-state index in [1.54, 1.807) is 19.1 Å². The average Bonchev–Trinajstić information content (AvgIpc) is 2.53. The maximum atomic E-state index is 13.5. The molecule has 0 bridgehead atoms. The number of carbonyl (C=O) groups excluding carboxylic acids is 1. The van der Waals surface area contributed by atoms with Crippen LogP contribution >= 0.6 is 0 Å². The van der Waals surface area contributed by atoms with Crippen molar-refractivity contribution in [3.8, 4) is 5.75 Å². The Hall–Kier alpha value is -2.10. The number of ether oxygens (including phenoxy) is 1. The van der Waals surface area contributed by atoms with Crippen LogP contribution in [0.1, 0.15) is 40.2 Å². The molecule has 1 aromatic rings. The lowest BCUT2D eigenvalue weighted by Gasteiger charge is -2.25. The van der Waals surface area contributed by atoms with E-state index in [1.165, 1.54) is 13.2 Å². The summed E-state index contributed by atoms with van der Waals surface area (Å²) in [7, 11) is 3.31. The molecule has 0 atom stereocenters. The quantitative estimate of drug-likeness (QED) is 0.661. The first kappa shape index (κ1) is 21.9. The molecule has 134 valence electrons. The molecule has 0 radical (unpaired) electrons. The molecule has 0 unspecified atom stereocenters. The summed E-state index contributed by atoms with van der Waals surface area (Å²) < 4.78 is 18.5. The van der Waals surface area contributed by atoms with Crippen LogP contribution in [0.15, 0.2) is 36.6 Å². The normalized spacial score (nSPS) is 10.8. The van der Waals surface area contributed by atoms with Gasteiger partial charge in [-0.25, -0.2) is 4.39 Å². The van der Waals surface area contributed by atoms with Gasteiger partial charge in [-0.2, -0.15) is 0 Å². The second kappa shape index (κ2) is 10.6. The van der Waals surface area contributed by atoms with Gasteiger partial charge in [0.05, 0.1) is 13.7 Å². The van der Waals surface area contributed by atoms with Crippen LogP contribution in [0.4, 0.5) is 4.39 Å². The third-order valence-electron chi connectivity index (χ3n) is 3.34. The van der Waals surface area contributed by atoms with Gasteiger partial charge >= 0.3 is 0 Å². The monoisotopic (exact) mass is 335 g/mol. The number of benzene rings is 1. The lowest BCUT2D eigenvalue weighted by Crippen LogP contribution is -2.26. The number of methoxy groups -OCH3 is 1. The number of hydrogen-bond acceptors (Lipinski definition) is 3. The molecule has 4 heteroatoms. The number of Topliss-reactive ketones (excluding diaryl/α,β-unsaturated/α-hetero) is 1. The molecule has 3 nitrogen and oxygen atoms in total. The average molecular weight is 335 g/mol. The highest BCUT2D eigenvalue weighted by Gasteiger charge is 2.12. The number of halogens is 1. The molecule has 0 spiro atoms. The van der Waals surface area contributed by atoms with E-state index in [-0.39, 0.29) is 17.5 Å². The van der Waals surface area contributed by atoms with E-state index < -0.39 is 5.82 Å². The van der Waals surface area contributed by atoms with Gasteiger partial charge < -0.3 is 9.64 Å². The summed E-state index contributed by atoms with van der Waals surface area (Å²) in [5.41, 5.74) is 2.54. The molecule has 0 fully saturated rings. The highest BCUT2D eigenvalue weighted by atomic mass is 19.1. The molecule has 1 aromatic carbocycles. The highest BCUT2D eigenvalue weighted by Crippen LogP contribution is 2.25. The second-order valence-electron chi connectivity index (χ2n) is 5.66. The Labute approximate surface area is 145 Å². The number of carbonyl (C=O) groups is 1. The smallest absolute Gasteiger partial charge is 0.165 e. The van der Waals surface area contributed by atoms with Crippen LogP contribution in [-0.4, -0.2) is 31.4 Å². The summed E-state index contributed by atoms with van der Waals surface area (Å²) in [6.45, 7) is 14.1. The molecule has 0 heterocycles. The highest BCUT2D eigenvalue weighted by molar-refractivity contribution is 5.78. The van der Waals surface area contributed by atoms with Gasteiger partial charge in [0.25, 0.3) is 0 Å². The number of ketones is 1. The van der Waals surface area contributed by atoms with Crippen molar-refractivity contribution in [1.29, 1.82) is 0 Å². The van der Waals surface area contributed by atoms with Crippen LogP contribution in [0.3, 0.4) is 0 Å². The largest absolute Gasteiger partial charge is 0.494 e. The molecule has 24 heavy (non-hydrogen) atoms. The van der Waals surface area contributed by atoms with E-state index in [0.717, 1.165) is 16.8 Å². The molecular formula is C20H30FNO2. The van der Waals surface area contributed by atoms with E-state index in [2.05, 4.69) is 20.4 Å². The van der Waals surface area contributed by atoms with Gasteiger partial charge in [0.1, 0.15) is 5.78 Å². The maximum Gasteiger partial charge on any atom is 0.165 e. The lowest BCUT2D eigenvalue weighted by molar-refractivity contribution is -0.117. The standard InChI is InChI=1S/C18H24FNO2.C2H6/c1-12(2)17(20(5)11-14(4)21)9-13(3)15-7-8-16(19)18(10-15)22-6;1-2/h7-10,12H,3,11H2,1-2,4-6H3;1-2H3/b17-9-;. The van der Waals surface area contributed by atoms with Crippen LogP contribution in [0.25, 0.3) is 5.57 Å². The Morgan fingerprint density at radius 2 is 1.96 bits per heavy atom. The maximum absolute atomic E-state index is 13.5.